The number of anilines is 2. The number of piperidine rings is 1. The predicted octanol–water partition coefficient (Wildman–Crippen LogP) is 3.91. The molecule has 2 saturated heterocycles. The van der Waals surface area contributed by atoms with Crippen LogP contribution in [0.15, 0.2) is 36.7 Å². The van der Waals surface area contributed by atoms with Crippen molar-refractivity contribution in [2.45, 2.75) is 64.6 Å². The van der Waals surface area contributed by atoms with Crippen LogP contribution in [0.5, 0.6) is 0 Å². The van der Waals surface area contributed by atoms with Crippen molar-refractivity contribution in [3.05, 3.63) is 42.2 Å². The number of aromatic nitrogens is 4. The normalized spacial score (nSPS) is 17.4. The second kappa shape index (κ2) is 11.2. The van der Waals surface area contributed by atoms with Crippen LogP contribution in [0.1, 0.15) is 57.6 Å². The van der Waals surface area contributed by atoms with Gasteiger partial charge in [0.1, 0.15) is 6.33 Å². The molecule has 192 valence electrons. The van der Waals surface area contributed by atoms with Crippen molar-refractivity contribution in [1.29, 1.82) is 0 Å². The van der Waals surface area contributed by atoms with Gasteiger partial charge in [0, 0.05) is 57.8 Å². The Morgan fingerprint density at radius 1 is 1.08 bits per heavy atom. The summed E-state index contributed by atoms with van der Waals surface area (Å²) in [5.74, 6) is 1.90. The Balaban J connectivity index is 1.21. The standard InChI is InChI=1S/C27H38N8O/c1-20(2)35-26-24(32-27(35)28-13-7-15-34-14-6-10-23(34)36)25(29-19-30-26)31-22-11-16-33(17-12-22)18-21-8-4-3-5-9-21/h3-5,8-9,19-20,22H,6-7,10-18H2,1-2H3,(H,28,32)(H,29,30,31). The minimum atomic E-state index is 0.210. The quantitative estimate of drug-likeness (QED) is 0.417. The Morgan fingerprint density at radius 2 is 1.89 bits per heavy atom. The smallest absolute Gasteiger partial charge is 0.222 e. The van der Waals surface area contributed by atoms with E-state index in [9.17, 15) is 4.79 Å². The van der Waals surface area contributed by atoms with Crippen LogP contribution in [0.3, 0.4) is 0 Å². The molecule has 9 nitrogen and oxygen atoms in total. The van der Waals surface area contributed by atoms with E-state index < -0.39 is 0 Å². The molecule has 0 aliphatic carbocycles. The van der Waals surface area contributed by atoms with E-state index in [0.717, 1.165) is 87.9 Å². The highest BCUT2D eigenvalue weighted by atomic mass is 16.2. The van der Waals surface area contributed by atoms with Gasteiger partial charge in [0.05, 0.1) is 0 Å². The van der Waals surface area contributed by atoms with Crippen LogP contribution in [-0.4, -0.2) is 74.0 Å². The van der Waals surface area contributed by atoms with Gasteiger partial charge in [-0.05, 0) is 45.1 Å². The summed E-state index contributed by atoms with van der Waals surface area (Å²) in [6.45, 7) is 9.87. The van der Waals surface area contributed by atoms with E-state index in [0.29, 0.717) is 12.5 Å². The van der Waals surface area contributed by atoms with Crippen LogP contribution in [0, 0.1) is 0 Å². The zero-order chi connectivity index (χ0) is 24.9. The number of likely N-dealkylation sites (tertiary alicyclic amines) is 2. The van der Waals surface area contributed by atoms with Gasteiger partial charge in [0.15, 0.2) is 17.0 Å². The molecule has 1 aromatic carbocycles. The number of amides is 1. The molecule has 9 heteroatoms. The lowest BCUT2D eigenvalue weighted by atomic mass is 10.0. The van der Waals surface area contributed by atoms with Gasteiger partial charge < -0.3 is 15.5 Å². The number of carbonyl (C=O) groups excluding carboxylic acids is 1. The minimum Gasteiger partial charge on any atom is -0.365 e. The van der Waals surface area contributed by atoms with Crippen molar-refractivity contribution >= 4 is 28.8 Å². The molecular formula is C27H38N8O. The van der Waals surface area contributed by atoms with E-state index in [1.165, 1.54) is 5.56 Å². The van der Waals surface area contributed by atoms with Gasteiger partial charge in [0.25, 0.3) is 0 Å². The van der Waals surface area contributed by atoms with E-state index in [1.54, 1.807) is 6.33 Å². The molecule has 0 radical (unpaired) electrons. The molecule has 1 amide bonds. The number of imidazole rings is 1. The summed E-state index contributed by atoms with van der Waals surface area (Å²) in [5, 5.41) is 7.17. The molecule has 5 rings (SSSR count). The van der Waals surface area contributed by atoms with Crippen LogP contribution < -0.4 is 10.6 Å². The van der Waals surface area contributed by atoms with Crippen LogP contribution >= 0.6 is 0 Å². The zero-order valence-electron chi connectivity index (χ0n) is 21.5. The summed E-state index contributed by atoms with van der Waals surface area (Å²) in [6, 6.07) is 11.3. The zero-order valence-corrected chi connectivity index (χ0v) is 21.5. The third kappa shape index (κ3) is 5.61. The Morgan fingerprint density at radius 3 is 2.61 bits per heavy atom. The third-order valence-corrected chi connectivity index (χ3v) is 7.23. The minimum absolute atomic E-state index is 0.210. The topological polar surface area (TPSA) is 91.2 Å². The highest BCUT2D eigenvalue weighted by Crippen LogP contribution is 2.28. The largest absolute Gasteiger partial charge is 0.365 e. The van der Waals surface area contributed by atoms with Crippen LogP contribution in [0.4, 0.5) is 11.8 Å². The van der Waals surface area contributed by atoms with Gasteiger partial charge in [-0.1, -0.05) is 30.3 Å². The summed E-state index contributed by atoms with van der Waals surface area (Å²) in [5.41, 5.74) is 3.03. The van der Waals surface area contributed by atoms with Gasteiger partial charge in [-0.25, -0.2) is 15.0 Å². The predicted molar refractivity (Wildman–Crippen MR) is 143 cm³/mol. The first kappa shape index (κ1) is 24.5. The average molecular weight is 491 g/mol. The second-order valence-electron chi connectivity index (χ2n) is 10.2. The highest BCUT2D eigenvalue weighted by molar-refractivity contribution is 5.85. The van der Waals surface area contributed by atoms with Crippen LogP contribution in [-0.2, 0) is 11.3 Å². The van der Waals surface area contributed by atoms with E-state index in [1.807, 2.05) is 4.90 Å². The molecule has 0 saturated carbocycles. The maximum atomic E-state index is 11.9. The third-order valence-electron chi connectivity index (χ3n) is 7.23. The number of rotatable bonds is 10. The molecule has 0 spiro atoms. The first-order chi connectivity index (χ1) is 17.6. The number of benzene rings is 1. The molecule has 36 heavy (non-hydrogen) atoms. The second-order valence-corrected chi connectivity index (χ2v) is 10.2. The van der Waals surface area contributed by atoms with Crippen molar-refractivity contribution in [1.82, 2.24) is 29.3 Å². The maximum absolute atomic E-state index is 11.9. The Labute approximate surface area is 213 Å². The molecule has 2 aromatic heterocycles. The fourth-order valence-electron chi connectivity index (χ4n) is 5.31. The van der Waals surface area contributed by atoms with Crippen molar-refractivity contribution in [2.24, 2.45) is 0 Å². The van der Waals surface area contributed by atoms with Crippen molar-refractivity contribution in [2.75, 3.05) is 43.4 Å². The highest BCUT2D eigenvalue weighted by Gasteiger charge is 2.23. The summed E-state index contributed by atoms with van der Waals surface area (Å²) < 4.78 is 2.14. The lowest BCUT2D eigenvalue weighted by Gasteiger charge is -2.32. The summed E-state index contributed by atoms with van der Waals surface area (Å²) in [4.78, 5) is 30.4. The Bertz CT molecular complexity index is 1150. The molecule has 2 N–H and O–H groups in total. The van der Waals surface area contributed by atoms with Crippen LogP contribution in [0.25, 0.3) is 11.2 Å². The number of carbonyl (C=O) groups is 1. The first-order valence-corrected chi connectivity index (χ1v) is 13.4. The summed E-state index contributed by atoms with van der Waals surface area (Å²) in [7, 11) is 0. The Kier molecular flexibility index (Phi) is 7.65. The SMILES string of the molecule is CC(C)n1c(NCCCN2CCCC2=O)nc2c(NC3CCN(Cc4ccccc4)CC3)ncnc21. The van der Waals surface area contributed by atoms with E-state index in [2.05, 4.69) is 74.2 Å². The average Bonchev–Trinajstić information content (AvgIpc) is 3.47. The molecule has 3 aromatic rings. The monoisotopic (exact) mass is 490 g/mol. The number of hydrogen-bond donors (Lipinski definition) is 2. The van der Waals surface area contributed by atoms with Crippen LogP contribution in [0.2, 0.25) is 0 Å². The summed E-state index contributed by atoms with van der Waals surface area (Å²) >= 11 is 0. The number of nitrogens with one attached hydrogen (secondary N) is 2. The van der Waals surface area contributed by atoms with E-state index in [-0.39, 0.29) is 11.9 Å². The molecule has 0 unspecified atom stereocenters. The first-order valence-electron chi connectivity index (χ1n) is 13.4. The van der Waals surface area contributed by atoms with Gasteiger partial charge in [-0.3, -0.25) is 14.3 Å². The fourth-order valence-corrected chi connectivity index (χ4v) is 5.31. The summed E-state index contributed by atoms with van der Waals surface area (Å²) in [6.07, 6.45) is 6.35. The van der Waals surface area contributed by atoms with Crippen molar-refractivity contribution < 1.29 is 4.79 Å². The molecule has 2 aliphatic rings. The van der Waals surface area contributed by atoms with E-state index >= 15 is 0 Å². The number of fused-ring (bicyclic) bond motifs is 1. The van der Waals surface area contributed by atoms with Gasteiger partial charge >= 0.3 is 0 Å². The van der Waals surface area contributed by atoms with Crippen molar-refractivity contribution in [3.63, 3.8) is 0 Å². The fraction of sp³-hybridized carbons (Fsp3) is 0.556. The molecular weight excluding hydrogens is 452 g/mol. The van der Waals surface area contributed by atoms with Gasteiger partial charge in [-0.15, -0.1) is 0 Å². The van der Waals surface area contributed by atoms with Crippen molar-refractivity contribution in [3.8, 4) is 0 Å². The molecule has 2 aliphatic heterocycles. The Hall–Kier alpha value is -3.20. The molecule has 0 bridgehead atoms. The van der Waals surface area contributed by atoms with Gasteiger partial charge in [-0.2, -0.15) is 0 Å². The molecule has 0 atom stereocenters. The number of hydrogen-bond acceptors (Lipinski definition) is 7. The van der Waals surface area contributed by atoms with E-state index in [4.69, 9.17) is 4.98 Å². The molecule has 2 fully saturated rings. The molecule has 4 heterocycles. The maximum Gasteiger partial charge on any atom is 0.222 e. The lowest BCUT2D eigenvalue weighted by molar-refractivity contribution is -0.127. The number of nitrogens with zero attached hydrogens (tertiary/aromatic N) is 6. The van der Waals surface area contributed by atoms with Gasteiger partial charge in [0.2, 0.25) is 11.9 Å². The lowest BCUT2D eigenvalue weighted by Crippen LogP contribution is -2.38.